The molecular formula is C23H22FN3O3S2. The molecule has 0 saturated heterocycles. The van der Waals surface area contributed by atoms with Crippen molar-refractivity contribution in [2.75, 3.05) is 24.7 Å². The van der Waals surface area contributed by atoms with Gasteiger partial charge in [-0.2, -0.15) is 0 Å². The van der Waals surface area contributed by atoms with Crippen molar-refractivity contribution in [3.8, 4) is 5.75 Å². The third-order valence-corrected chi connectivity index (χ3v) is 7.17. The van der Waals surface area contributed by atoms with E-state index in [-0.39, 0.29) is 29.8 Å². The molecule has 1 aliphatic heterocycles. The fourth-order valence-corrected chi connectivity index (χ4v) is 5.07. The highest BCUT2D eigenvalue weighted by atomic mass is 32.2. The van der Waals surface area contributed by atoms with Gasteiger partial charge in [0, 0.05) is 24.2 Å². The first-order valence-electron chi connectivity index (χ1n) is 10.1. The molecule has 2 heterocycles. The molecule has 3 aromatic rings. The van der Waals surface area contributed by atoms with Gasteiger partial charge in [-0.3, -0.25) is 9.59 Å². The Hall–Kier alpha value is -2.91. The lowest BCUT2D eigenvalue weighted by Crippen LogP contribution is -2.36. The Morgan fingerprint density at radius 1 is 1.22 bits per heavy atom. The van der Waals surface area contributed by atoms with Crippen molar-refractivity contribution in [2.24, 2.45) is 0 Å². The molecule has 4 rings (SSSR count). The van der Waals surface area contributed by atoms with Crippen LogP contribution < -0.4 is 10.1 Å². The monoisotopic (exact) mass is 471 g/mol. The molecule has 2 amide bonds. The highest BCUT2D eigenvalue weighted by Gasteiger charge is 2.22. The molecule has 0 spiro atoms. The number of carbonyl (C=O) groups excluding carboxylic acids is 2. The molecule has 1 N–H and O–H groups in total. The maximum absolute atomic E-state index is 12.9. The smallest absolute Gasteiger partial charge is 0.234 e. The van der Waals surface area contributed by atoms with E-state index in [1.807, 2.05) is 28.5 Å². The topological polar surface area (TPSA) is 71.5 Å². The predicted molar refractivity (Wildman–Crippen MR) is 124 cm³/mol. The molecule has 32 heavy (non-hydrogen) atoms. The van der Waals surface area contributed by atoms with Crippen molar-refractivity contribution in [1.82, 2.24) is 9.88 Å². The van der Waals surface area contributed by atoms with Crippen LogP contribution in [0.4, 0.5) is 10.1 Å². The number of thioether (sulfide) groups is 1. The van der Waals surface area contributed by atoms with Gasteiger partial charge in [0.15, 0.2) is 4.34 Å². The Bertz CT molecular complexity index is 1120. The molecule has 1 aliphatic rings. The molecule has 166 valence electrons. The number of fused-ring (bicyclic) bond motifs is 1. The molecular weight excluding hydrogens is 449 g/mol. The Labute approximate surface area is 193 Å². The van der Waals surface area contributed by atoms with Gasteiger partial charge < -0.3 is 15.0 Å². The molecule has 2 aromatic carbocycles. The number of aromatic nitrogens is 1. The zero-order chi connectivity index (χ0) is 22.5. The van der Waals surface area contributed by atoms with Gasteiger partial charge in [-0.15, -0.1) is 11.3 Å². The van der Waals surface area contributed by atoms with Crippen LogP contribution in [-0.4, -0.2) is 41.1 Å². The summed E-state index contributed by atoms with van der Waals surface area (Å²) in [6, 6.07) is 11.6. The molecule has 0 atom stereocenters. The van der Waals surface area contributed by atoms with Gasteiger partial charge >= 0.3 is 0 Å². The summed E-state index contributed by atoms with van der Waals surface area (Å²) in [6.45, 7) is 1.27. The first-order valence-corrected chi connectivity index (χ1v) is 11.9. The van der Waals surface area contributed by atoms with Crippen LogP contribution in [0.1, 0.15) is 16.8 Å². The van der Waals surface area contributed by atoms with E-state index in [1.54, 1.807) is 7.11 Å². The number of nitrogens with one attached hydrogen (secondary N) is 1. The lowest BCUT2D eigenvalue weighted by Gasteiger charge is -2.29. The molecule has 6 nitrogen and oxygen atoms in total. The van der Waals surface area contributed by atoms with Crippen LogP contribution in [0, 0.1) is 5.82 Å². The Morgan fingerprint density at radius 2 is 2.03 bits per heavy atom. The van der Waals surface area contributed by atoms with Gasteiger partial charge in [-0.05, 0) is 53.9 Å². The zero-order valence-corrected chi connectivity index (χ0v) is 19.1. The third-order valence-electron chi connectivity index (χ3n) is 5.10. The summed E-state index contributed by atoms with van der Waals surface area (Å²) < 4.78 is 19.0. The molecule has 9 heteroatoms. The van der Waals surface area contributed by atoms with Crippen molar-refractivity contribution in [3.63, 3.8) is 0 Å². The zero-order valence-electron chi connectivity index (χ0n) is 17.5. The van der Waals surface area contributed by atoms with Crippen LogP contribution in [0.3, 0.4) is 0 Å². The summed E-state index contributed by atoms with van der Waals surface area (Å²) in [4.78, 5) is 31.2. The van der Waals surface area contributed by atoms with E-state index in [9.17, 15) is 14.0 Å². The van der Waals surface area contributed by atoms with Gasteiger partial charge in [0.05, 0.1) is 25.0 Å². The number of methoxy groups -OCH3 is 1. The molecule has 1 aromatic heterocycles. The number of hydrogen-bond donors (Lipinski definition) is 1. The van der Waals surface area contributed by atoms with Crippen LogP contribution in [0.25, 0.3) is 0 Å². The fourth-order valence-electron chi connectivity index (χ4n) is 3.43. The van der Waals surface area contributed by atoms with Gasteiger partial charge in [0.1, 0.15) is 11.6 Å². The molecule has 0 saturated carbocycles. The first kappa shape index (κ1) is 22.3. The number of amides is 2. The summed E-state index contributed by atoms with van der Waals surface area (Å²) in [5.41, 5.74) is 3.62. The Morgan fingerprint density at radius 3 is 2.81 bits per heavy atom. The second-order valence-electron chi connectivity index (χ2n) is 7.33. The largest absolute Gasteiger partial charge is 0.497 e. The second kappa shape index (κ2) is 10.1. The lowest BCUT2D eigenvalue weighted by molar-refractivity contribution is -0.131. The highest BCUT2D eigenvalue weighted by molar-refractivity contribution is 8.01. The molecule has 0 fully saturated rings. The summed E-state index contributed by atoms with van der Waals surface area (Å²) in [7, 11) is 1.65. The minimum atomic E-state index is -0.351. The number of rotatable bonds is 7. The van der Waals surface area contributed by atoms with Crippen molar-refractivity contribution in [3.05, 3.63) is 70.5 Å². The Kier molecular flexibility index (Phi) is 7.06. The summed E-state index contributed by atoms with van der Waals surface area (Å²) in [6.07, 6.45) is 1.05. The molecule has 0 radical (unpaired) electrons. The maximum atomic E-state index is 12.9. The van der Waals surface area contributed by atoms with Gasteiger partial charge in [-0.25, -0.2) is 9.37 Å². The van der Waals surface area contributed by atoms with Crippen LogP contribution in [0.5, 0.6) is 5.75 Å². The predicted octanol–water partition coefficient (Wildman–Crippen LogP) is 4.15. The van der Waals surface area contributed by atoms with E-state index in [0.29, 0.717) is 24.5 Å². The van der Waals surface area contributed by atoms with E-state index in [2.05, 4.69) is 10.3 Å². The fraction of sp³-hybridized carbons (Fsp3) is 0.261. The van der Waals surface area contributed by atoms with Crippen LogP contribution in [0.2, 0.25) is 0 Å². The average molecular weight is 472 g/mol. The normalized spacial score (nSPS) is 12.9. The van der Waals surface area contributed by atoms with Crippen LogP contribution >= 0.6 is 23.1 Å². The number of hydrogen-bond acceptors (Lipinski definition) is 6. The lowest BCUT2D eigenvalue weighted by atomic mass is 9.99. The number of anilines is 1. The van der Waals surface area contributed by atoms with E-state index in [4.69, 9.17) is 4.74 Å². The third kappa shape index (κ3) is 5.66. The average Bonchev–Trinajstić information content (AvgIpc) is 3.25. The number of benzene rings is 2. The van der Waals surface area contributed by atoms with Crippen LogP contribution in [0.15, 0.2) is 52.2 Å². The van der Waals surface area contributed by atoms with Crippen molar-refractivity contribution in [1.29, 1.82) is 0 Å². The number of carbonyl (C=O) groups is 2. The quantitative estimate of drug-likeness (QED) is 0.524. The summed E-state index contributed by atoms with van der Waals surface area (Å²) in [5, 5.41) is 4.58. The van der Waals surface area contributed by atoms with E-state index < -0.39 is 0 Å². The number of ether oxygens (including phenoxy) is 1. The number of thiazole rings is 1. The van der Waals surface area contributed by atoms with Crippen LogP contribution in [-0.2, 0) is 29.0 Å². The minimum Gasteiger partial charge on any atom is -0.497 e. The van der Waals surface area contributed by atoms with Gasteiger partial charge in [-0.1, -0.05) is 17.8 Å². The first-order chi connectivity index (χ1) is 15.5. The van der Waals surface area contributed by atoms with Crippen molar-refractivity contribution >= 4 is 40.6 Å². The Balaban J connectivity index is 1.27. The second-order valence-corrected chi connectivity index (χ2v) is 9.41. The van der Waals surface area contributed by atoms with Crippen molar-refractivity contribution < 1.29 is 18.7 Å². The highest BCUT2D eigenvalue weighted by Crippen LogP contribution is 2.26. The van der Waals surface area contributed by atoms with Gasteiger partial charge in [0.2, 0.25) is 11.8 Å². The standard InChI is InChI=1S/C23H22FN3O3S2/c1-30-20-7-2-16-12-27(9-8-15(16)10-20)22(29)11-19-13-31-23(26-19)32-14-21(28)25-18-5-3-17(24)4-6-18/h2-7,10,13H,8-9,11-12,14H2,1H3,(H,25,28). The molecule has 0 aliphatic carbocycles. The van der Waals surface area contributed by atoms with E-state index >= 15 is 0 Å². The van der Waals surface area contributed by atoms with E-state index in [0.717, 1.165) is 22.1 Å². The summed E-state index contributed by atoms with van der Waals surface area (Å²) >= 11 is 2.73. The van der Waals surface area contributed by atoms with Gasteiger partial charge in [0.25, 0.3) is 0 Å². The minimum absolute atomic E-state index is 0.0439. The number of halogens is 1. The summed E-state index contributed by atoms with van der Waals surface area (Å²) in [5.74, 6) is 0.518. The SMILES string of the molecule is COc1ccc2c(c1)CCN(C(=O)Cc1csc(SCC(=O)Nc3ccc(F)cc3)n1)C2. The molecule has 0 bridgehead atoms. The molecule has 0 unspecified atom stereocenters. The van der Waals surface area contributed by atoms with E-state index in [1.165, 1.54) is 52.9 Å². The maximum Gasteiger partial charge on any atom is 0.234 e. The van der Waals surface area contributed by atoms with Crippen molar-refractivity contribution in [2.45, 2.75) is 23.7 Å². The number of nitrogens with zero attached hydrogens (tertiary/aromatic N) is 2.